The van der Waals surface area contributed by atoms with Crippen molar-refractivity contribution in [1.82, 2.24) is 0 Å². The van der Waals surface area contributed by atoms with Crippen molar-refractivity contribution in [2.45, 2.75) is 30.5 Å². The Labute approximate surface area is 118 Å². The SMILES string of the molecule is C=C(F)C(F)(F)OC(F)(F)C(F)(F)OC(F)(F)C(F)(F)OCF. The second-order valence-corrected chi connectivity index (χ2v) is 3.45. The maximum atomic E-state index is 12.7. The van der Waals surface area contributed by atoms with Crippen LogP contribution in [0.5, 0.6) is 0 Å². The van der Waals surface area contributed by atoms with Crippen molar-refractivity contribution in [2.75, 3.05) is 6.86 Å². The van der Waals surface area contributed by atoms with E-state index < -0.39 is 43.2 Å². The molecule has 0 amide bonds. The van der Waals surface area contributed by atoms with Crippen LogP contribution in [0.25, 0.3) is 0 Å². The van der Waals surface area contributed by atoms with Crippen LogP contribution in [0, 0.1) is 0 Å². The van der Waals surface area contributed by atoms with E-state index in [9.17, 15) is 52.7 Å². The van der Waals surface area contributed by atoms with E-state index in [0.29, 0.717) is 0 Å². The third-order valence-electron chi connectivity index (χ3n) is 1.74. The molecule has 0 unspecified atom stereocenters. The van der Waals surface area contributed by atoms with E-state index in [1.807, 2.05) is 4.74 Å². The lowest BCUT2D eigenvalue weighted by atomic mass is 10.5. The summed E-state index contributed by atoms with van der Waals surface area (Å²) < 4.78 is 155. The van der Waals surface area contributed by atoms with Crippen molar-refractivity contribution in [1.29, 1.82) is 0 Å². The number of hydrogen-bond acceptors (Lipinski definition) is 3. The van der Waals surface area contributed by atoms with Crippen LogP contribution in [-0.2, 0) is 14.2 Å². The van der Waals surface area contributed by atoms with Crippen molar-refractivity contribution < 1.29 is 66.9 Å². The Morgan fingerprint density at radius 1 is 0.696 bits per heavy atom. The molecule has 15 heteroatoms. The minimum Gasteiger partial charge on any atom is -0.281 e. The van der Waals surface area contributed by atoms with Crippen molar-refractivity contribution in [3.05, 3.63) is 12.4 Å². The van der Waals surface area contributed by atoms with Gasteiger partial charge in [0.1, 0.15) is 0 Å². The fraction of sp³-hybridized carbons (Fsp3) is 0.750. The van der Waals surface area contributed by atoms with Gasteiger partial charge in [-0.15, -0.1) is 0 Å². The van der Waals surface area contributed by atoms with E-state index in [1.54, 1.807) is 11.3 Å². The van der Waals surface area contributed by atoms with Gasteiger partial charge in [0.15, 0.2) is 12.7 Å². The summed E-state index contributed by atoms with van der Waals surface area (Å²) >= 11 is 0. The number of ether oxygens (including phenoxy) is 3. The molecule has 0 aromatic rings. The molecular formula is C8H4F12O3. The Hall–Kier alpha value is -1.22. The molecule has 0 saturated carbocycles. The molecule has 0 spiro atoms. The third kappa shape index (κ3) is 4.87. The first-order chi connectivity index (χ1) is 9.92. The van der Waals surface area contributed by atoms with Gasteiger partial charge in [0.25, 0.3) is 0 Å². The van der Waals surface area contributed by atoms with Gasteiger partial charge >= 0.3 is 30.5 Å². The second kappa shape index (κ2) is 6.35. The smallest absolute Gasteiger partial charge is 0.281 e. The van der Waals surface area contributed by atoms with Crippen molar-refractivity contribution in [3.8, 4) is 0 Å². The molecule has 0 aliphatic carbocycles. The molecular weight excluding hydrogens is 372 g/mol. The molecule has 0 aromatic heterocycles. The molecule has 0 aromatic carbocycles. The highest BCUT2D eigenvalue weighted by Gasteiger charge is 2.73. The lowest BCUT2D eigenvalue weighted by molar-refractivity contribution is -0.544. The van der Waals surface area contributed by atoms with E-state index in [1.165, 1.54) is 0 Å². The van der Waals surface area contributed by atoms with E-state index >= 15 is 0 Å². The van der Waals surface area contributed by atoms with Crippen molar-refractivity contribution >= 4 is 0 Å². The Morgan fingerprint density at radius 3 is 1.39 bits per heavy atom. The van der Waals surface area contributed by atoms with Gasteiger partial charge in [-0.2, -0.15) is 43.9 Å². The van der Waals surface area contributed by atoms with Crippen LogP contribution in [0.2, 0.25) is 0 Å². The quantitative estimate of drug-likeness (QED) is 0.558. The van der Waals surface area contributed by atoms with Crippen LogP contribution in [0.4, 0.5) is 52.7 Å². The third-order valence-corrected chi connectivity index (χ3v) is 1.74. The number of halogens is 12. The number of rotatable bonds is 9. The summed E-state index contributed by atoms with van der Waals surface area (Å²) in [4.78, 5) is 0. The van der Waals surface area contributed by atoms with Gasteiger partial charge in [0, 0.05) is 0 Å². The first-order valence-electron chi connectivity index (χ1n) is 4.76. The summed E-state index contributed by atoms with van der Waals surface area (Å²) in [6.07, 6.45) is -32.2. The lowest BCUT2D eigenvalue weighted by Crippen LogP contribution is -2.56. The zero-order chi connectivity index (χ0) is 18.9. The summed E-state index contributed by atoms with van der Waals surface area (Å²) in [6.45, 7) is -0.936. The largest absolute Gasteiger partial charge is 0.453 e. The monoisotopic (exact) mass is 376 g/mol. The average Bonchev–Trinajstić information content (AvgIpc) is 2.24. The molecule has 0 aliphatic rings. The minimum atomic E-state index is -6.85. The summed E-state index contributed by atoms with van der Waals surface area (Å²) in [5, 5.41) is 0. The van der Waals surface area contributed by atoms with Crippen molar-refractivity contribution in [2.24, 2.45) is 0 Å². The molecule has 0 atom stereocenters. The fourth-order valence-corrected chi connectivity index (χ4v) is 0.708. The fourth-order valence-electron chi connectivity index (χ4n) is 0.708. The van der Waals surface area contributed by atoms with Gasteiger partial charge < -0.3 is 0 Å². The summed E-state index contributed by atoms with van der Waals surface area (Å²) in [5.74, 6) is -3.04. The molecule has 0 bridgehead atoms. The zero-order valence-corrected chi connectivity index (χ0v) is 10.2. The maximum Gasteiger partial charge on any atom is 0.453 e. The second-order valence-electron chi connectivity index (χ2n) is 3.45. The van der Waals surface area contributed by atoms with Crippen LogP contribution in [0.3, 0.4) is 0 Å². The Balaban J connectivity index is 5.43. The highest BCUT2D eigenvalue weighted by Crippen LogP contribution is 2.47. The Bertz CT molecular complexity index is 434. The van der Waals surface area contributed by atoms with Gasteiger partial charge in [-0.3, -0.25) is 4.74 Å². The number of alkyl halides is 11. The molecule has 0 saturated heterocycles. The zero-order valence-electron chi connectivity index (χ0n) is 10.2. The molecule has 0 rings (SSSR count). The van der Waals surface area contributed by atoms with Gasteiger partial charge in [-0.25, -0.2) is 18.3 Å². The van der Waals surface area contributed by atoms with Crippen LogP contribution < -0.4 is 0 Å². The molecule has 138 valence electrons. The maximum absolute atomic E-state index is 12.7. The van der Waals surface area contributed by atoms with E-state index in [4.69, 9.17) is 0 Å². The first kappa shape index (κ1) is 21.8. The predicted octanol–water partition coefficient (Wildman–Crippen LogP) is 4.41. The molecule has 0 radical (unpaired) electrons. The molecule has 0 heterocycles. The summed E-state index contributed by atoms with van der Waals surface area (Å²) in [6, 6.07) is 0. The highest BCUT2D eigenvalue weighted by atomic mass is 19.4. The highest BCUT2D eigenvalue weighted by molar-refractivity contribution is 4.92. The van der Waals surface area contributed by atoms with Crippen LogP contribution in [0.1, 0.15) is 0 Å². The minimum absolute atomic E-state index is 1.74. The van der Waals surface area contributed by atoms with Crippen LogP contribution in [-0.4, -0.2) is 37.4 Å². The van der Waals surface area contributed by atoms with Gasteiger partial charge in [0.05, 0.1) is 0 Å². The molecule has 0 fully saturated rings. The van der Waals surface area contributed by atoms with E-state index in [0.717, 1.165) is 0 Å². The van der Waals surface area contributed by atoms with Gasteiger partial charge in [0.2, 0.25) is 0 Å². The normalized spacial score (nSPS) is 15.0. The topological polar surface area (TPSA) is 27.7 Å². The number of hydrogen-bond donors (Lipinski definition) is 0. The molecule has 23 heavy (non-hydrogen) atoms. The predicted molar refractivity (Wildman–Crippen MR) is 44.2 cm³/mol. The standard InChI is InChI=1S/C8H4F12O3/c1-3(10)4(11,12)22-7(17,18)8(19,20)23-6(15,16)5(13,14)21-2-9/h1-2H2. The first-order valence-corrected chi connectivity index (χ1v) is 4.76. The van der Waals surface area contributed by atoms with Crippen molar-refractivity contribution in [3.63, 3.8) is 0 Å². The molecule has 0 aliphatic heterocycles. The van der Waals surface area contributed by atoms with Gasteiger partial charge in [-0.1, -0.05) is 6.58 Å². The van der Waals surface area contributed by atoms with E-state index in [-0.39, 0.29) is 0 Å². The average molecular weight is 376 g/mol. The van der Waals surface area contributed by atoms with E-state index in [2.05, 4.69) is 4.74 Å². The van der Waals surface area contributed by atoms with Gasteiger partial charge in [-0.05, 0) is 0 Å². The lowest BCUT2D eigenvalue weighted by Gasteiger charge is -2.32. The van der Waals surface area contributed by atoms with Crippen LogP contribution >= 0.6 is 0 Å². The molecule has 0 N–H and O–H groups in total. The Kier molecular flexibility index (Phi) is 6.01. The summed E-state index contributed by atoms with van der Waals surface area (Å²) in [7, 11) is 0. The summed E-state index contributed by atoms with van der Waals surface area (Å²) in [5.41, 5.74) is 0. The molecule has 3 nitrogen and oxygen atoms in total. The Morgan fingerprint density at radius 2 is 1.04 bits per heavy atom. The van der Waals surface area contributed by atoms with Crippen LogP contribution in [0.15, 0.2) is 12.4 Å².